The average Bonchev–Trinajstić information content (AvgIpc) is 2.34. The zero-order chi connectivity index (χ0) is 13.1. The van der Waals surface area contributed by atoms with Crippen LogP contribution in [0.1, 0.15) is 16.7 Å². The van der Waals surface area contributed by atoms with Gasteiger partial charge >= 0.3 is 0 Å². The van der Waals surface area contributed by atoms with Gasteiger partial charge in [0.05, 0.1) is 0 Å². The van der Waals surface area contributed by atoms with E-state index in [2.05, 4.69) is 87.4 Å². The van der Waals surface area contributed by atoms with E-state index in [1.165, 1.54) is 22.4 Å². The molecule has 2 aromatic rings. The van der Waals surface area contributed by atoms with E-state index in [-0.39, 0.29) is 0 Å². The Morgan fingerprint density at radius 2 is 1.72 bits per heavy atom. The molecule has 0 amide bonds. The summed E-state index contributed by atoms with van der Waals surface area (Å²) in [6, 6.07) is 12.7. The predicted molar refractivity (Wildman–Crippen MR) is 85.1 cm³/mol. The van der Waals surface area contributed by atoms with Crippen molar-refractivity contribution in [2.24, 2.45) is 0 Å². The van der Waals surface area contributed by atoms with E-state index in [4.69, 9.17) is 0 Å². The van der Waals surface area contributed by atoms with Crippen molar-refractivity contribution in [2.45, 2.75) is 20.4 Å². The zero-order valence-electron chi connectivity index (χ0n) is 10.4. The lowest BCUT2D eigenvalue weighted by Gasteiger charge is -2.11. The number of nitrogens with one attached hydrogen (secondary N) is 1. The largest absolute Gasteiger partial charge is 0.381 e. The number of anilines is 1. The molecular weight excluding hydrogens is 354 g/mol. The normalized spacial score (nSPS) is 10.4. The van der Waals surface area contributed by atoms with E-state index >= 15 is 0 Å². The van der Waals surface area contributed by atoms with Gasteiger partial charge < -0.3 is 5.32 Å². The molecule has 0 aliphatic rings. The monoisotopic (exact) mass is 367 g/mol. The number of rotatable bonds is 3. The topological polar surface area (TPSA) is 12.0 Å². The highest BCUT2D eigenvalue weighted by Gasteiger charge is 2.01. The SMILES string of the molecule is Cc1cc(CNc2cc(Br)ccc2C)ccc1Br. The van der Waals surface area contributed by atoms with Crippen LogP contribution in [0.3, 0.4) is 0 Å². The van der Waals surface area contributed by atoms with Crippen molar-refractivity contribution >= 4 is 37.5 Å². The zero-order valence-corrected chi connectivity index (χ0v) is 13.6. The smallest absolute Gasteiger partial charge is 0.0400 e. The molecule has 0 aliphatic carbocycles. The fraction of sp³-hybridized carbons (Fsp3) is 0.200. The molecule has 0 unspecified atom stereocenters. The maximum atomic E-state index is 3.52. The van der Waals surface area contributed by atoms with E-state index < -0.39 is 0 Å². The quantitative estimate of drug-likeness (QED) is 0.760. The fourth-order valence-corrected chi connectivity index (χ4v) is 2.41. The number of aryl methyl sites for hydroxylation is 2. The molecule has 3 heteroatoms. The van der Waals surface area contributed by atoms with Crippen molar-refractivity contribution in [1.29, 1.82) is 0 Å². The molecule has 2 rings (SSSR count). The summed E-state index contributed by atoms with van der Waals surface area (Å²) in [6.45, 7) is 5.06. The maximum absolute atomic E-state index is 3.52. The van der Waals surface area contributed by atoms with Gasteiger partial charge in [-0.3, -0.25) is 0 Å². The van der Waals surface area contributed by atoms with Crippen molar-refractivity contribution in [3.8, 4) is 0 Å². The van der Waals surface area contributed by atoms with Crippen LogP contribution < -0.4 is 5.32 Å². The first kappa shape index (κ1) is 13.6. The summed E-state index contributed by atoms with van der Waals surface area (Å²) in [5.41, 5.74) is 4.98. The molecule has 0 aromatic heterocycles. The first-order valence-electron chi connectivity index (χ1n) is 5.81. The standard InChI is InChI=1S/C15H15Br2N/c1-10-3-5-13(16)8-15(10)18-9-12-4-6-14(17)11(2)7-12/h3-8,18H,9H2,1-2H3. The van der Waals surface area contributed by atoms with E-state index in [9.17, 15) is 0 Å². The van der Waals surface area contributed by atoms with Gasteiger partial charge in [0.15, 0.2) is 0 Å². The van der Waals surface area contributed by atoms with E-state index in [1.807, 2.05) is 0 Å². The lowest BCUT2D eigenvalue weighted by Crippen LogP contribution is -2.01. The molecule has 2 aromatic carbocycles. The number of halogens is 2. The molecule has 0 heterocycles. The Labute approximate surface area is 125 Å². The highest BCUT2D eigenvalue weighted by atomic mass is 79.9. The molecule has 0 saturated heterocycles. The van der Waals surface area contributed by atoms with Gasteiger partial charge in [-0.1, -0.05) is 50.1 Å². The molecule has 18 heavy (non-hydrogen) atoms. The van der Waals surface area contributed by atoms with Crippen LogP contribution in [0, 0.1) is 13.8 Å². The second-order valence-electron chi connectivity index (χ2n) is 4.40. The highest BCUT2D eigenvalue weighted by molar-refractivity contribution is 9.10. The third-order valence-electron chi connectivity index (χ3n) is 2.90. The minimum absolute atomic E-state index is 0.839. The van der Waals surface area contributed by atoms with Crippen LogP contribution in [0.5, 0.6) is 0 Å². The summed E-state index contributed by atoms with van der Waals surface area (Å²) < 4.78 is 2.26. The molecule has 0 saturated carbocycles. The third-order valence-corrected chi connectivity index (χ3v) is 4.29. The Morgan fingerprint density at radius 3 is 2.44 bits per heavy atom. The number of hydrogen-bond donors (Lipinski definition) is 1. The van der Waals surface area contributed by atoms with Crippen molar-refractivity contribution in [1.82, 2.24) is 0 Å². The molecule has 0 fully saturated rings. The second-order valence-corrected chi connectivity index (χ2v) is 6.17. The molecule has 94 valence electrons. The molecule has 1 N–H and O–H groups in total. The lowest BCUT2D eigenvalue weighted by atomic mass is 10.1. The summed E-state index contributed by atoms with van der Waals surface area (Å²) in [7, 11) is 0. The van der Waals surface area contributed by atoms with Gasteiger partial charge in [-0.25, -0.2) is 0 Å². The van der Waals surface area contributed by atoms with E-state index in [1.54, 1.807) is 0 Å². The van der Waals surface area contributed by atoms with Crippen LogP contribution in [0.15, 0.2) is 45.3 Å². The van der Waals surface area contributed by atoms with Crippen molar-refractivity contribution in [2.75, 3.05) is 5.32 Å². The lowest BCUT2D eigenvalue weighted by molar-refractivity contribution is 1.13. The Hall–Kier alpha value is -0.800. The van der Waals surface area contributed by atoms with E-state index in [0.29, 0.717) is 0 Å². The second kappa shape index (κ2) is 5.89. The van der Waals surface area contributed by atoms with Gasteiger partial charge in [-0.15, -0.1) is 0 Å². The Kier molecular flexibility index (Phi) is 4.46. The van der Waals surface area contributed by atoms with Gasteiger partial charge in [0.2, 0.25) is 0 Å². The minimum atomic E-state index is 0.839. The molecule has 0 bridgehead atoms. The third kappa shape index (κ3) is 3.36. The summed E-state index contributed by atoms with van der Waals surface area (Å²) in [6.07, 6.45) is 0. The highest BCUT2D eigenvalue weighted by Crippen LogP contribution is 2.22. The predicted octanol–water partition coefficient (Wildman–Crippen LogP) is 5.44. The average molecular weight is 369 g/mol. The summed E-state index contributed by atoms with van der Waals surface area (Å²) >= 11 is 7.02. The van der Waals surface area contributed by atoms with Crippen LogP contribution in [0.2, 0.25) is 0 Å². The first-order chi connectivity index (χ1) is 8.56. The van der Waals surface area contributed by atoms with Crippen LogP contribution in [-0.2, 0) is 6.54 Å². The van der Waals surface area contributed by atoms with Crippen molar-refractivity contribution < 1.29 is 0 Å². The van der Waals surface area contributed by atoms with Crippen molar-refractivity contribution in [3.05, 3.63) is 62.0 Å². The summed E-state index contributed by atoms with van der Waals surface area (Å²) in [5.74, 6) is 0. The fourth-order valence-electron chi connectivity index (χ4n) is 1.80. The van der Waals surface area contributed by atoms with Gasteiger partial charge in [-0.2, -0.15) is 0 Å². The molecule has 0 atom stereocenters. The molecule has 1 nitrogen and oxygen atoms in total. The first-order valence-corrected chi connectivity index (χ1v) is 7.40. The van der Waals surface area contributed by atoms with Gasteiger partial charge in [0, 0.05) is 21.2 Å². The molecule has 0 aliphatic heterocycles. The summed E-state index contributed by atoms with van der Waals surface area (Å²) in [5, 5.41) is 3.47. The Morgan fingerprint density at radius 1 is 0.944 bits per heavy atom. The molecular formula is C15H15Br2N. The van der Waals surface area contributed by atoms with Crippen LogP contribution in [0.4, 0.5) is 5.69 Å². The van der Waals surface area contributed by atoms with Crippen LogP contribution >= 0.6 is 31.9 Å². The van der Waals surface area contributed by atoms with Gasteiger partial charge in [0.25, 0.3) is 0 Å². The van der Waals surface area contributed by atoms with Crippen molar-refractivity contribution in [3.63, 3.8) is 0 Å². The van der Waals surface area contributed by atoms with E-state index in [0.717, 1.165) is 15.5 Å². The number of benzene rings is 2. The Bertz CT molecular complexity index is 564. The van der Waals surface area contributed by atoms with Gasteiger partial charge in [-0.05, 0) is 48.7 Å². The number of hydrogen-bond acceptors (Lipinski definition) is 1. The molecule has 0 spiro atoms. The van der Waals surface area contributed by atoms with Gasteiger partial charge in [0.1, 0.15) is 0 Å². The Balaban J connectivity index is 2.11. The van der Waals surface area contributed by atoms with Crippen LogP contribution in [0.25, 0.3) is 0 Å². The summed E-state index contributed by atoms with van der Waals surface area (Å²) in [4.78, 5) is 0. The molecule has 0 radical (unpaired) electrons. The maximum Gasteiger partial charge on any atom is 0.0400 e. The minimum Gasteiger partial charge on any atom is -0.381 e. The van der Waals surface area contributed by atoms with Crippen LogP contribution in [-0.4, -0.2) is 0 Å².